The van der Waals surface area contributed by atoms with Crippen LogP contribution in [0, 0.1) is 6.92 Å². The summed E-state index contributed by atoms with van der Waals surface area (Å²) in [6, 6.07) is 14.4. The van der Waals surface area contributed by atoms with Crippen molar-refractivity contribution < 1.29 is 17.9 Å². The van der Waals surface area contributed by atoms with E-state index in [1.807, 2.05) is 31.2 Å². The molecule has 1 heterocycles. The zero-order chi connectivity index (χ0) is 17.3. The summed E-state index contributed by atoms with van der Waals surface area (Å²) in [5, 5.41) is 0. The molecule has 124 valence electrons. The van der Waals surface area contributed by atoms with Crippen molar-refractivity contribution in [2.45, 2.75) is 18.2 Å². The fourth-order valence-corrected chi connectivity index (χ4v) is 3.48. The second kappa shape index (κ2) is 6.24. The van der Waals surface area contributed by atoms with E-state index in [4.69, 9.17) is 4.74 Å². The smallest absolute Gasteiger partial charge is 0.339 e. The van der Waals surface area contributed by atoms with Gasteiger partial charge in [-0.05, 0) is 35.8 Å². The molecule has 4 nitrogen and oxygen atoms in total. The summed E-state index contributed by atoms with van der Waals surface area (Å²) in [6.45, 7) is 2.30. The Bertz CT molecular complexity index is 922. The molecule has 0 atom stereocenters. The number of ether oxygens (including phenoxy) is 1. The fraction of sp³-hybridized carbons (Fsp3) is 0.211. The van der Waals surface area contributed by atoms with Crippen molar-refractivity contribution in [3.63, 3.8) is 0 Å². The Labute approximate surface area is 141 Å². The number of carbonyl (C=O) groups is 1. The average Bonchev–Trinajstić information content (AvgIpc) is 2.54. The van der Waals surface area contributed by atoms with Crippen LogP contribution in [0.15, 0.2) is 53.4 Å². The van der Waals surface area contributed by atoms with Gasteiger partial charge in [-0.25, -0.2) is 13.2 Å². The molecule has 0 spiro atoms. The molecule has 0 fully saturated rings. The topological polar surface area (TPSA) is 60.4 Å². The average molecular weight is 342 g/mol. The highest BCUT2D eigenvalue weighted by molar-refractivity contribution is 7.90. The van der Waals surface area contributed by atoms with Gasteiger partial charge in [0.1, 0.15) is 0 Å². The second-order valence-electron chi connectivity index (χ2n) is 5.91. The Balaban J connectivity index is 2.14. The molecule has 0 unspecified atom stereocenters. The predicted molar refractivity (Wildman–Crippen MR) is 93.1 cm³/mol. The lowest BCUT2D eigenvalue weighted by molar-refractivity contribution is -0.136. The highest BCUT2D eigenvalue weighted by Gasteiger charge is 2.24. The highest BCUT2D eigenvalue weighted by atomic mass is 32.2. The molecular formula is C19H18O4S. The minimum absolute atomic E-state index is 0.266. The van der Waals surface area contributed by atoms with E-state index in [9.17, 15) is 13.2 Å². The summed E-state index contributed by atoms with van der Waals surface area (Å²) >= 11 is 0. The van der Waals surface area contributed by atoms with Crippen LogP contribution >= 0.6 is 0 Å². The summed E-state index contributed by atoms with van der Waals surface area (Å²) < 4.78 is 28.4. The van der Waals surface area contributed by atoms with Gasteiger partial charge < -0.3 is 4.74 Å². The third-order valence-electron chi connectivity index (χ3n) is 4.03. The van der Waals surface area contributed by atoms with Gasteiger partial charge in [0, 0.05) is 12.7 Å². The van der Waals surface area contributed by atoms with E-state index >= 15 is 0 Å². The van der Waals surface area contributed by atoms with Crippen LogP contribution < -0.4 is 0 Å². The number of esters is 1. The summed E-state index contributed by atoms with van der Waals surface area (Å²) in [4.78, 5) is 12.6. The van der Waals surface area contributed by atoms with E-state index in [-0.39, 0.29) is 10.9 Å². The molecule has 3 rings (SSSR count). The van der Waals surface area contributed by atoms with Crippen molar-refractivity contribution in [2.24, 2.45) is 0 Å². The van der Waals surface area contributed by atoms with Crippen LogP contribution in [0.25, 0.3) is 11.1 Å². The van der Waals surface area contributed by atoms with Gasteiger partial charge in [0.25, 0.3) is 0 Å². The van der Waals surface area contributed by atoms with Crippen molar-refractivity contribution in [3.8, 4) is 0 Å². The molecule has 0 bridgehead atoms. The maximum Gasteiger partial charge on any atom is 0.339 e. The quantitative estimate of drug-likeness (QED) is 0.803. The summed E-state index contributed by atoms with van der Waals surface area (Å²) in [7, 11) is -3.24. The first kappa shape index (κ1) is 16.5. The van der Waals surface area contributed by atoms with Gasteiger partial charge in [-0.1, -0.05) is 42.0 Å². The molecule has 2 aromatic rings. The Morgan fingerprint density at radius 2 is 1.71 bits per heavy atom. The van der Waals surface area contributed by atoms with E-state index in [0.29, 0.717) is 18.6 Å². The molecule has 1 aliphatic heterocycles. The van der Waals surface area contributed by atoms with Gasteiger partial charge in [-0.3, -0.25) is 0 Å². The minimum atomic E-state index is -3.24. The maximum atomic E-state index is 12.3. The van der Waals surface area contributed by atoms with Crippen molar-refractivity contribution in [3.05, 3.63) is 65.2 Å². The molecule has 0 N–H and O–H groups in total. The number of aryl methyl sites for hydroxylation is 1. The highest BCUT2D eigenvalue weighted by Crippen LogP contribution is 2.34. The van der Waals surface area contributed by atoms with Gasteiger partial charge in [-0.15, -0.1) is 0 Å². The van der Waals surface area contributed by atoms with E-state index in [2.05, 4.69) is 0 Å². The molecule has 0 amide bonds. The molecule has 2 aromatic carbocycles. The summed E-state index contributed by atoms with van der Waals surface area (Å²) in [5.74, 6) is -0.339. The van der Waals surface area contributed by atoms with Gasteiger partial charge in [0.2, 0.25) is 0 Å². The van der Waals surface area contributed by atoms with Crippen LogP contribution in [-0.4, -0.2) is 27.2 Å². The Kier molecular flexibility index (Phi) is 4.28. The first-order valence-electron chi connectivity index (χ1n) is 7.64. The van der Waals surface area contributed by atoms with Crippen molar-refractivity contribution in [1.82, 2.24) is 0 Å². The van der Waals surface area contributed by atoms with Crippen LogP contribution in [-0.2, 0) is 19.4 Å². The molecule has 24 heavy (non-hydrogen) atoms. The zero-order valence-corrected chi connectivity index (χ0v) is 14.4. The van der Waals surface area contributed by atoms with Crippen LogP contribution in [0.3, 0.4) is 0 Å². The van der Waals surface area contributed by atoms with Gasteiger partial charge >= 0.3 is 5.97 Å². The van der Waals surface area contributed by atoms with Crippen LogP contribution in [0.5, 0.6) is 0 Å². The molecule has 0 aliphatic carbocycles. The van der Waals surface area contributed by atoms with Gasteiger partial charge in [-0.2, -0.15) is 0 Å². The van der Waals surface area contributed by atoms with Crippen LogP contribution in [0.4, 0.5) is 0 Å². The Hall–Kier alpha value is -2.40. The SMILES string of the molecule is Cc1cccc(C2=C(c3ccc(S(C)(=O)=O)cc3)CCOC2=O)c1. The van der Waals surface area contributed by atoms with Gasteiger partial charge in [0.05, 0.1) is 17.1 Å². The second-order valence-corrected chi connectivity index (χ2v) is 7.92. The number of rotatable bonds is 3. The lowest BCUT2D eigenvalue weighted by Crippen LogP contribution is -2.16. The lowest BCUT2D eigenvalue weighted by atomic mass is 9.90. The van der Waals surface area contributed by atoms with E-state index < -0.39 is 9.84 Å². The van der Waals surface area contributed by atoms with E-state index in [1.54, 1.807) is 24.3 Å². The normalized spacial score (nSPS) is 15.3. The maximum absolute atomic E-state index is 12.3. The lowest BCUT2D eigenvalue weighted by Gasteiger charge is -2.21. The largest absolute Gasteiger partial charge is 0.462 e. The van der Waals surface area contributed by atoms with Crippen LogP contribution in [0.2, 0.25) is 0 Å². The molecule has 5 heteroatoms. The number of sulfone groups is 1. The first-order chi connectivity index (χ1) is 11.4. The number of hydrogen-bond donors (Lipinski definition) is 0. The molecule has 0 saturated heterocycles. The third-order valence-corrected chi connectivity index (χ3v) is 5.16. The molecule has 1 aliphatic rings. The zero-order valence-electron chi connectivity index (χ0n) is 13.6. The van der Waals surface area contributed by atoms with Crippen molar-refractivity contribution in [1.29, 1.82) is 0 Å². The number of carbonyl (C=O) groups excluding carboxylic acids is 1. The molecular weight excluding hydrogens is 324 g/mol. The monoisotopic (exact) mass is 342 g/mol. The Morgan fingerprint density at radius 3 is 2.33 bits per heavy atom. The standard InChI is InChI=1S/C19H18O4S/c1-13-4-3-5-15(12-13)18-17(10-11-23-19(18)20)14-6-8-16(9-7-14)24(2,21)22/h3-9,12H,10-11H2,1-2H3. The number of hydrogen-bond acceptors (Lipinski definition) is 4. The minimum Gasteiger partial charge on any atom is -0.462 e. The predicted octanol–water partition coefficient (Wildman–Crippen LogP) is 3.26. The number of cyclic esters (lactones) is 1. The number of benzene rings is 2. The first-order valence-corrected chi connectivity index (χ1v) is 9.53. The van der Waals surface area contributed by atoms with Gasteiger partial charge in [0.15, 0.2) is 9.84 Å². The van der Waals surface area contributed by atoms with Crippen molar-refractivity contribution in [2.75, 3.05) is 12.9 Å². The van der Waals surface area contributed by atoms with E-state index in [0.717, 1.165) is 22.3 Å². The van der Waals surface area contributed by atoms with E-state index in [1.165, 1.54) is 6.26 Å². The third kappa shape index (κ3) is 3.26. The molecule has 0 aromatic heterocycles. The molecule has 0 saturated carbocycles. The molecule has 0 radical (unpaired) electrons. The summed E-state index contributed by atoms with van der Waals surface area (Å²) in [5.41, 5.74) is 4.16. The van der Waals surface area contributed by atoms with Crippen molar-refractivity contribution >= 4 is 27.0 Å². The Morgan fingerprint density at radius 1 is 1.00 bits per heavy atom. The summed E-state index contributed by atoms with van der Waals surface area (Å²) in [6.07, 6.45) is 1.78. The van der Waals surface area contributed by atoms with Crippen LogP contribution in [0.1, 0.15) is 23.1 Å². The fourth-order valence-electron chi connectivity index (χ4n) is 2.85.